The zero-order valence-corrected chi connectivity index (χ0v) is 11.1. The van der Waals surface area contributed by atoms with E-state index >= 15 is 0 Å². The number of nitrogens with one attached hydrogen (secondary N) is 2. The van der Waals surface area contributed by atoms with Crippen molar-refractivity contribution in [3.8, 4) is 0 Å². The lowest BCUT2D eigenvalue weighted by molar-refractivity contribution is -0.139. The van der Waals surface area contributed by atoms with Crippen molar-refractivity contribution in [1.82, 2.24) is 15.5 Å². The van der Waals surface area contributed by atoms with Gasteiger partial charge in [-0.1, -0.05) is 13.8 Å². The molecule has 0 aromatic carbocycles. The first-order valence-electron chi connectivity index (χ1n) is 6.49. The molecule has 1 fully saturated rings. The van der Waals surface area contributed by atoms with E-state index in [4.69, 9.17) is 5.11 Å². The van der Waals surface area contributed by atoms with Gasteiger partial charge in [0.1, 0.15) is 6.04 Å². The molecule has 0 aromatic heterocycles. The van der Waals surface area contributed by atoms with E-state index in [0.717, 1.165) is 19.5 Å². The molecule has 0 aromatic rings. The van der Waals surface area contributed by atoms with Gasteiger partial charge < -0.3 is 20.6 Å². The first kappa shape index (κ1) is 14.8. The molecule has 1 aliphatic heterocycles. The largest absolute Gasteiger partial charge is 0.480 e. The summed E-state index contributed by atoms with van der Waals surface area (Å²) in [7, 11) is 0. The Morgan fingerprint density at radius 2 is 2.06 bits per heavy atom. The van der Waals surface area contributed by atoms with Crippen molar-refractivity contribution in [3.63, 3.8) is 0 Å². The third-order valence-electron chi connectivity index (χ3n) is 2.93. The van der Waals surface area contributed by atoms with Crippen molar-refractivity contribution in [3.05, 3.63) is 0 Å². The standard InChI is InChI=1S/C12H23N3O3/c1-9(2)8-10(11(16)17)14-12(18)15-6-3-4-13-5-7-15/h9-10,13H,3-8H2,1-2H3,(H,14,18)(H,16,17). The minimum absolute atomic E-state index is 0.234. The molecule has 6 nitrogen and oxygen atoms in total. The van der Waals surface area contributed by atoms with Crippen LogP contribution in [0.4, 0.5) is 4.79 Å². The SMILES string of the molecule is CC(C)CC(NC(=O)N1CCCNCC1)C(=O)O. The molecular formula is C12H23N3O3. The minimum Gasteiger partial charge on any atom is -0.480 e. The van der Waals surface area contributed by atoms with Gasteiger partial charge in [0.15, 0.2) is 0 Å². The highest BCUT2D eigenvalue weighted by Gasteiger charge is 2.24. The zero-order chi connectivity index (χ0) is 13.5. The maximum absolute atomic E-state index is 12.0. The van der Waals surface area contributed by atoms with Gasteiger partial charge in [0.2, 0.25) is 0 Å². The summed E-state index contributed by atoms with van der Waals surface area (Å²) in [6.07, 6.45) is 1.35. The van der Waals surface area contributed by atoms with E-state index in [1.165, 1.54) is 0 Å². The number of urea groups is 1. The van der Waals surface area contributed by atoms with E-state index in [1.54, 1.807) is 4.90 Å². The van der Waals surface area contributed by atoms with E-state index in [-0.39, 0.29) is 11.9 Å². The maximum atomic E-state index is 12.0. The first-order valence-corrected chi connectivity index (χ1v) is 6.49. The molecule has 0 aliphatic carbocycles. The van der Waals surface area contributed by atoms with Crippen molar-refractivity contribution in [2.45, 2.75) is 32.7 Å². The van der Waals surface area contributed by atoms with Crippen molar-refractivity contribution < 1.29 is 14.7 Å². The lowest BCUT2D eigenvalue weighted by Crippen LogP contribution is -2.49. The number of rotatable bonds is 4. The molecule has 18 heavy (non-hydrogen) atoms. The number of hydrogen-bond acceptors (Lipinski definition) is 3. The van der Waals surface area contributed by atoms with Crippen molar-refractivity contribution in [1.29, 1.82) is 0 Å². The molecule has 1 rings (SSSR count). The molecule has 1 aliphatic rings. The van der Waals surface area contributed by atoms with Crippen LogP contribution < -0.4 is 10.6 Å². The molecule has 0 saturated carbocycles. The second-order valence-electron chi connectivity index (χ2n) is 5.06. The van der Waals surface area contributed by atoms with E-state index in [9.17, 15) is 9.59 Å². The van der Waals surface area contributed by atoms with Gasteiger partial charge in [0.25, 0.3) is 0 Å². The van der Waals surface area contributed by atoms with Crippen LogP contribution in [0.2, 0.25) is 0 Å². The molecular weight excluding hydrogens is 234 g/mol. The fraction of sp³-hybridized carbons (Fsp3) is 0.833. The van der Waals surface area contributed by atoms with Gasteiger partial charge in [-0.3, -0.25) is 0 Å². The number of carboxylic acids is 1. The summed E-state index contributed by atoms with van der Waals surface area (Å²) < 4.78 is 0. The molecule has 1 saturated heterocycles. The Kier molecular flexibility index (Phi) is 5.91. The van der Waals surface area contributed by atoms with Crippen LogP contribution >= 0.6 is 0 Å². The number of carbonyl (C=O) groups is 2. The molecule has 0 bridgehead atoms. The average Bonchev–Trinajstić information content (AvgIpc) is 2.55. The van der Waals surface area contributed by atoms with Crippen LogP contribution in [-0.4, -0.2) is 54.2 Å². The number of aliphatic carboxylic acids is 1. The molecule has 1 atom stereocenters. The molecule has 0 spiro atoms. The Bertz CT molecular complexity index is 286. The van der Waals surface area contributed by atoms with E-state index in [0.29, 0.717) is 19.5 Å². The van der Waals surface area contributed by atoms with Crippen molar-refractivity contribution >= 4 is 12.0 Å². The Morgan fingerprint density at radius 1 is 1.33 bits per heavy atom. The summed E-state index contributed by atoms with van der Waals surface area (Å²) in [4.78, 5) is 24.7. The molecule has 104 valence electrons. The summed E-state index contributed by atoms with van der Waals surface area (Å²) in [6, 6.07) is -1.07. The predicted octanol–water partition coefficient (Wildman–Crippen LogP) is 0.491. The molecule has 6 heteroatoms. The number of nitrogens with zero attached hydrogens (tertiary/aromatic N) is 1. The first-order chi connectivity index (χ1) is 8.50. The quantitative estimate of drug-likeness (QED) is 0.684. The number of amides is 2. The highest BCUT2D eigenvalue weighted by Crippen LogP contribution is 2.06. The molecule has 1 unspecified atom stereocenters. The summed E-state index contributed by atoms with van der Waals surface area (Å²) in [5.74, 6) is -0.734. The van der Waals surface area contributed by atoms with Crippen molar-refractivity contribution in [2.75, 3.05) is 26.2 Å². The molecule has 3 N–H and O–H groups in total. The van der Waals surface area contributed by atoms with Crippen LogP contribution in [0.5, 0.6) is 0 Å². The highest BCUT2D eigenvalue weighted by atomic mass is 16.4. The van der Waals surface area contributed by atoms with Gasteiger partial charge in [-0.15, -0.1) is 0 Å². The van der Waals surface area contributed by atoms with E-state index in [1.807, 2.05) is 13.8 Å². The third-order valence-corrected chi connectivity index (χ3v) is 2.93. The van der Waals surface area contributed by atoms with Gasteiger partial charge in [-0.25, -0.2) is 9.59 Å². The van der Waals surface area contributed by atoms with Gasteiger partial charge in [0, 0.05) is 19.6 Å². The van der Waals surface area contributed by atoms with Crippen LogP contribution in [0.1, 0.15) is 26.7 Å². The summed E-state index contributed by atoms with van der Waals surface area (Å²) in [5.41, 5.74) is 0. The van der Waals surface area contributed by atoms with Crippen LogP contribution in [0.3, 0.4) is 0 Å². The molecule has 2 amide bonds. The Morgan fingerprint density at radius 3 is 2.67 bits per heavy atom. The zero-order valence-electron chi connectivity index (χ0n) is 11.1. The van der Waals surface area contributed by atoms with Crippen LogP contribution in [0.15, 0.2) is 0 Å². The fourth-order valence-corrected chi connectivity index (χ4v) is 1.98. The number of carboxylic acid groups (broad SMARTS) is 1. The van der Waals surface area contributed by atoms with Crippen molar-refractivity contribution in [2.24, 2.45) is 5.92 Å². The average molecular weight is 257 g/mol. The Labute approximate surface area is 108 Å². The minimum atomic E-state index is -0.968. The van der Waals surface area contributed by atoms with Gasteiger partial charge in [-0.2, -0.15) is 0 Å². The second kappa shape index (κ2) is 7.20. The normalized spacial score (nSPS) is 18.3. The number of hydrogen-bond donors (Lipinski definition) is 3. The highest BCUT2D eigenvalue weighted by molar-refractivity contribution is 5.82. The lowest BCUT2D eigenvalue weighted by atomic mass is 10.0. The van der Waals surface area contributed by atoms with Gasteiger partial charge in [0.05, 0.1) is 0 Å². The summed E-state index contributed by atoms with van der Waals surface area (Å²) in [5, 5.41) is 14.9. The van der Waals surface area contributed by atoms with Gasteiger partial charge >= 0.3 is 12.0 Å². The van der Waals surface area contributed by atoms with Crippen LogP contribution in [0.25, 0.3) is 0 Å². The topological polar surface area (TPSA) is 81.7 Å². The maximum Gasteiger partial charge on any atom is 0.326 e. The second-order valence-corrected chi connectivity index (χ2v) is 5.06. The smallest absolute Gasteiger partial charge is 0.326 e. The monoisotopic (exact) mass is 257 g/mol. The molecule has 0 radical (unpaired) electrons. The Balaban J connectivity index is 2.51. The Hall–Kier alpha value is -1.30. The number of carbonyl (C=O) groups excluding carboxylic acids is 1. The van der Waals surface area contributed by atoms with E-state index < -0.39 is 12.0 Å². The van der Waals surface area contributed by atoms with Gasteiger partial charge in [-0.05, 0) is 25.3 Å². The molecule has 1 heterocycles. The summed E-state index contributed by atoms with van der Waals surface area (Å²) in [6.45, 7) is 6.84. The van der Waals surface area contributed by atoms with Crippen LogP contribution in [-0.2, 0) is 4.79 Å². The fourth-order valence-electron chi connectivity index (χ4n) is 1.98. The summed E-state index contributed by atoms with van der Waals surface area (Å²) >= 11 is 0. The van der Waals surface area contributed by atoms with Crippen LogP contribution in [0, 0.1) is 5.92 Å². The predicted molar refractivity (Wildman–Crippen MR) is 68.5 cm³/mol. The van der Waals surface area contributed by atoms with E-state index in [2.05, 4.69) is 10.6 Å². The third kappa shape index (κ3) is 4.91. The lowest BCUT2D eigenvalue weighted by Gasteiger charge is -2.24.